The topological polar surface area (TPSA) is 71.8 Å². The number of fused-ring (bicyclic) bond motifs is 2. The fourth-order valence-corrected chi connectivity index (χ4v) is 5.17. The number of carbonyl (C=O) groups is 1. The lowest BCUT2D eigenvalue weighted by molar-refractivity contribution is -0.114. The molecule has 3 aromatic rings. The van der Waals surface area contributed by atoms with Gasteiger partial charge >= 0.3 is 0 Å². The van der Waals surface area contributed by atoms with Gasteiger partial charge in [-0.15, -0.1) is 11.8 Å². The Morgan fingerprint density at radius 2 is 1.65 bits per heavy atom. The molecule has 0 N–H and O–H groups in total. The van der Waals surface area contributed by atoms with Crippen LogP contribution in [0.25, 0.3) is 6.08 Å². The van der Waals surface area contributed by atoms with E-state index in [-0.39, 0.29) is 5.57 Å². The summed E-state index contributed by atoms with van der Waals surface area (Å²) in [5, 5.41) is 9.98. The van der Waals surface area contributed by atoms with Crippen molar-refractivity contribution in [3.8, 4) is 23.3 Å². The third-order valence-corrected chi connectivity index (χ3v) is 7.14. The number of amides is 1. The van der Waals surface area contributed by atoms with Crippen molar-refractivity contribution in [3.63, 3.8) is 0 Å². The standard InChI is InChI=1S/C26H22N2O4S2/c1-30-21-12-16(13-22(31-2)25(21)32-3)11-17(15-27)26(29)28-19-7-5-6-8-23(19)34-24-10-9-18(33-4)14-20(24)28/h5-14H,1-4H3/b17-11+. The summed E-state index contributed by atoms with van der Waals surface area (Å²) in [6.45, 7) is 0. The Hall–Kier alpha value is -3.54. The number of thioether (sulfide) groups is 1. The molecule has 172 valence electrons. The van der Waals surface area contributed by atoms with Gasteiger partial charge in [0.15, 0.2) is 11.5 Å². The smallest absolute Gasteiger partial charge is 0.273 e. The summed E-state index contributed by atoms with van der Waals surface area (Å²) >= 11 is 3.21. The fourth-order valence-electron chi connectivity index (χ4n) is 3.69. The van der Waals surface area contributed by atoms with Crippen LogP contribution in [0.5, 0.6) is 17.2 Å². The Bertz CT molecular complexity index is 1310. The van der Waals surface area contributed by atoms with Crippen LogP contribution in [0.15, 0.2) is 74.9 Å². The largest absolute Gasteiger partial charge is 0.493 e. The predicted molar refractivity (Wildman–Crippen MR) is 136 cm³/mol. The highest BCUT2D eigenvalue weighted by molar-refractivity contribution is 8.00. The zero-order valence-corrected chi connectivity index (χ0v) is 20.8. The minimum atomic E-state index is -0.413. The molecule has 8 heteroatoms. The van der Waals surface area contributed by atoms with E-state index in [9.17, 15) is 10.1 Å². The van der Waals surface area contributed by atoms with E-state index >= 15 is 0 Å². The van der Waals surface area contributed by atoms with Crippen molar-refractivity contribution in [2.75, 3.05) is 32.5 Å². The fraction of sp³-hybridized carbons (Fsp3) is 0.154. The minimum absolute atomic E-state index is 0.0171. The molecule has 0 unspecified atom stereocenters. The molecule has 3 aromatic carbocycles. The van der Waals surface area contributed by atoms with Gasteiger partial charge in [0.05, 0.1) is 32.7 Å². The average Bonchev–Trinajstić information content (AvgIpc) is 2.88. The van der Waals surface area contributed by atoms with Crippen LogP contribution in [-0.4, -0.2) is 33.5 Å². The molecule has 4 rings (SSSR count). The minimum Gasteiger partial charge on any atom is -0.493 e. The van der Waals surface area contributed by atoms with E-state index in [0.29, 0.717) is 22.8 Å². The highest BCUT2D eigenvalue weighted by Gasteiger charge is 2.30. The molecule has 0 spiro atoms. The molecule has 6 nitrogen and oxygen atoms in total. The van der Waals surface area contributed by atoms with Crippen LogP contribution >= 0.6 is 23.5 Å². The first kappa shape index (κ1) is 23.6. The number of rotatable bonds is 6. The third-order valence-electron chi connectivity index (χ3n) is 5.29. The number of carbonyl (C=O) groups excluding carboxylic acids is 1. The van der Waals surface area contributed by atoms with E-state index in [1.54, 1.807) is 40.6 Å². The number of anilines is 2. The van der Waals surface area contributed by atoms with Crippen LogP contribution in [0.2, 0.25) is 0 Å². The van der Waals surface area contributed by atoms with E-state index in [0.717, 1.165) is 26.1 Å². The molecule has 0 bridgehead atoms. The first-order valence-electron chi connectivity index (χ1n) is 10.3. The maximum Gasteiger partial charge on any atom is 0.273 e. The van der Waals surface area contributed by atoms with Gasteiger partial charge in [-0.2, -0.15) is 5.26 Å². The SMILES string of the molecule is COc1cc(/C=C(\C#N)C(=O)N2c3ccccc3Sc3ccc(SC)cc32)cc(OC)c1OC. The van der Waals surface area contributed by atoms with Gasteiger partial charge in [-0.1, -0.05) is 23.9 Å². The number of nitriles is 1. The van der Waals surface area contributed by atoms with Crippen LogP contribution < -0.4 is 19.1 Å². The average molecular weight is 491 g/mol. The molecule has 1 heterocycles. The second-order valence-electron chi connectivity index (χ2n) is 7.17. The monoisotopic (exact) mass is 490 g/mol. The van der Waals surface area contributed by atoms with Crippen molar-refractivity contribution >= 4 is 46.9 Å². The Morgan fingerprint density at radius 1 is 0.971 bits per heavy atom. The number of nitrogens with zero attached hydrogens (tertiary/aromatic N) is 2. The molecule has 1 aliphatic heterocycles. The number of ether oxygens (including phenoxy) is 3. The second-order valence-corrected chi connectivity index (χ2v) is 9.14. The summed E-state index contributed by atoms with van der Waals surface area (Å²) in [7, 11) is 4.56. The Labute approximate surface area is 207 Å². The molecular formula is C26H22N2O4S2. The van der Waals surface area contributed by atoms with Crippen LogP contribution in [0.3, 0.4) is 0 Å². The van der Waals surface area contributed by atoms with Gasteiger partial charge in [0.2, 0.25) is 5.75 Å². The molecule has 1 amide bonds. The lowest BCUT2D eigenvalue weighted by atomic mass is 10.1. The van der Waals surface area contributed by atoms with Crippen molar-refractivity contribution in [1.82, 2.24) is 0 Å². The van der Waals surface area contributed by atoms with E-state index < -0.39 is 5.91 Å². The van der Waals surface area contributed by atoms with Gasteiger partial charge in [-0.25, -0.2) is 0 Å². The number of methoxy groups -OCH3 is 3. The molecule has 0 atom stereocenters. The van der Waals surface area contributed by atoms with Crippen LogP contribution in [0.1, 0.15) is 5.56 Å². The van der Waals surface area contributed by atoms with Crippen molar-refractivity contribution in [1.29, 1.82) is 5.26 Å². The molecule has 34 heavy (non-hydrogen) atoms. The van der Waals surface area contributed by atoms with E-state index in [4.69, 9.17) is 14.2 Å². The van der Waals surface area contributed by atoms with Crippen molar-refractivity contribution < 1.29 is 19.0 Å². The normalized spacial score (nSPS) is 12.3. The number of hydrogen-bond donors (Lipinski definition) is 0. The van der Waals surface area contributed by atoms with Crippen LogP contribution in [0, 0.1) is 11.3 Å². The van der Waals surface area contributed by atoms with Gasteiger partial charge in [-0.05, 0) is 60.4 Å². The predicted octanol–water partition coefficient (Wildman–Crippen LogP) is 6.17. The van der Waals surface area contributed by atoms with Crippen molar-refractivity contribution in [2.24, 2.45) is 0 Å². The summed E-state index contributed by atoms with van der Waals surface area (Å²) in [6, 6.07) is 19.2. The third kappa shape index (κ3) is 4.32. The van der Waals surface area contributed by atoms with Gasteiger partial charge in [-0.3, -0.25) is 9.69 Å². The maximum atomic E-state index is 13.8. The molecule has 1 aliphatic rings. The molecular weight excluding hydrogens is 468 g/mol. The van der Waals surface area contributed by atoms with E-state index in [1.165, 1.54) is 27.4 Å². The zero-order chi connectivity index (χ0) is 24.2. The quantitative estimate of drug-likeness (QED) is 0.232. The van der Waals surface area contributed by atoms with Crippen LogP contribution in [-0.2, 0) is 4.79 Å². The highest BCUT2D eigenvalue weighted by Crippen LogP contribution is 2.49. The van der Waals surface area contributed by atoms with Gasteiger partial charge in [0.25, 0.3) is 5.91 Å². The second kappa shape index (κ2) is 10.2. The maximum absolute atomic E-state index is 13.8. The molecule has 0 fully saturated rings. The van der Waals surface area contributed by atoms with Gasteiger partial charge < -0.3 is 14.2 Å². The summed E-state index contributed by atoms with van der Waals surface area (Å²) in [4.78, 5) is 18.4. The Kier molecular flexibility index (Phi) is 7.06. The zero-order valence-electron chi connectivity index (χ0n) is 19.1. The van der Waals surface area contributed by atoms with E-state index in [2.05, 4.69) is 6.07 Å². The lowest BCUT2D eigenvalue weighted by Crippen LogP contribution is -2.29. The molecule has 0 radical (unpaired) electrons. The number of para-hydroxylation sites is 1. The van der Waals surface area contributed by atoms with Gasteiger partial charge in [0, 0.05) is 14.7 Å². The van der Waals surface area contributed by atoms with Crippen LogP contribution in [0.4, 0.5) is 11.4 Å². The lowest BCUT2D eigenvalue weighted by Gasteiger charge is -2.31. The first-order valence-corrected chi connectivity index (χ1v) is 12.3. The Morgan fingerprint density at radius 3 is 2.26 bits per heavy atom. The van der Waals surface area contributed by atoms with Crippen molar-refractivity contribution in [2.45, 2.75) is 14.7 Å². The highest BCUT2D eigenvalue weighted by atomic mass is 32.2. The van der Waals surface area contributed by atoms with Crippen molar-refractivity contribution in [3.05, 3.63) is 65.7 Å². The summed E-state index contributed by atoms with van der Waals surface area (Å²) in [5.74, 6) is 0.899. The first-order chi connectivity index (χ1) is 16.5. The van der Waals surface area contributed by atoms with Gasteiger partial charge in [0.1, 0.15) is 11.6 Å². The molecule has 0 aromatic heterocycles. The summed E-state index contributed by atoms with van der Waals surface area (Å²) in [5.41, 5.74) is 2.06. The molecule has 0 aliphatic carbocycles. The molecule has 0 saturated carbocycles. The van der Waals surface area contributed by atoms with E-state index in [1.807, 2.05) is 48.7 Å². The number of hydrogen-bond acceptors (Lipinski definition) is 7. The Balaban J connectivity index is 1.84. The summed E-state index contributed by atoms with van der Waals surface area (Å²) < 4.78 is 16.2. The molecule has 0 saturated heterocycles. The number of benzene rings is 3. The summed E-state index contributed by atoms with van der Waals surface area (Å²) in [6.07, 6.45) is 3.53.